The van der Waals surface area contributed by atoms with Gasteiger partial charge in [0, 0.05) is 29.2 Å². The van der Waals surface area contributed by atoms with E-state index in [2.05, 4.69) is 44.3 Å². The Morgan fingerprint density at radius 2 is 1.50 bits per heavy atom. The second kappa shape index (κ2) is 6.93. The van der Waals surface area contributed by atoms with Gasteiger partial charge in [0.05, 0.1) is 5.38 Å². The lowest BCUT2D eigenvalue weighted by Gasteiger charge is -2.18. The van der Waals surface area contributed by atoms with Crippen molar-refractivity contribution >= 4 is 27.7 Å². The molecule has 1 atom stereocenters. The first-order valence-corrected chi connectivity index (χ1v) is 7.04. The molecule has 2 aromatic carbocycles. The Morgan fingerprint density at radius 1 is 0.944 bits per heavy atom. The molecule has 0 aliphatic rings. The molecule has 1 nitrogen and oxygen atoms in total. The van der Waals surface area contributed by atoms with Crippen LogP contribution in [0.25, 0.3) is 0 Å². The van der Waals surface area contributed by atoms with Gasteiger partial charge in [-0.3, -0.25) is 0 Å². The van der Waals surface area contributed by atoms with E-state index >= 15 is 0 Å². The Labute approximate surface area is 122 Å². The zero-order chi connectivity index (χ0) is 12.8. The summed E-state index contributed by atoms with van der Waals surface area (Å²) in [6.45, 7) is 1.61. The van der Waals surface area contributed by atoms with Crippen molar-refractivity contribution in [1.29, 1.82) is 0 Å². The molecule has 0 spiro atoms. The molecule has 3 heteroatoms. The van der Waals surface area contributed by atoms with Gasteiger partial charge >= 0.3 is 0 Å². The number of rotatable bonds is 5. The number of hydrogen-bond donors (Lipinski definition) is 0. The van der Waals surface area contributed by atoms with Crippen LogP contribution in [0.2, 0.25) is 0 Å². The van der Waals surface area contributed by atoms with Crippen LogP contribution in [-0.4, -0.2) is 10.5 Å². The van der Waals surface area contributed by atoms with E-state index in [1.807, 2.05) is 36.4 Å². The minimum Gasteiger partial charge on any atom is -0.236 e. The van der Waals surface area contributed by atoms with Gasteiger partial charge in [0.25, 0.3) is 0 Å². The van der Waals surface area contributed by atoms with Gasteiger partial charge in [-0.15, -0.1) is 11.6 Å². The molecule has 0 N–H and O–H groups in total. The predicted octanol–water partition coefficient (Wildman–Crippen LogP) is 4.78. The lowest BCUT2D eigenvalue weighted by atomic mass is 10.1. The maximum atomic E-state index is 6.40. The molecule has 94 valence electrons. The molecule has 0 heterocycles. The molecule has 0 saturated carbocycles. The third-order valence-electron chi connectivity index (χ3n) is 2.72. The average Bonchev–Trinajstić information content (AvgIpc) is 2.40. The van der Waals surface area contributed by atoms with E-state index in [1.165, 1.54) is 5.56 Å². The fraction of sp³-hybridized carbons (Fsp3) is 0.200. The number of hydrogen-bond acceptors (Lipinski definition) is 1. The van der Waals surface area contributed by atoms with E-state index in [-0.39, 0.29) is 5.38 Å². The first-order chi connectivity index (χ1) is 8.75. The van der Waals surface area contributed by atoms with Crippen LogP contribution < -0.4 is 0 Å². The van der Waals surface area contributed by atoms with Crippen molar-refractivity contribution in [3.8, 4) is 0 Å². The summed E-state index contributed by atoms with van der Waals surface area (Å²) >= 11 is 9.96. The van der Waals surface area contributed by atoms with Crippen molar-refractivity contribution in [2.45, 2.75) is 11.9 Å². The van der Waals surface area contributed by atoms with Crippen molar-refractivity contribution in [2.24, 2.45) is 0 Å². The summed E-state index contributed by atoms with van der Waals surface area (Å²) in [6.07, 6.45) is 0. The van der Waals surface area contributed by atoms with Gasteiger partial charge in [-0.05, 0) is 11.1 Å². The first kappa shape index (κ1) is 13.6. The topological polar surface area (TPSA) is 3.24 Å². The molecule has 0 aromatic heterocycles. The van der Waals surface area contributed by atoms with Crippen molar-refractivity contribution < 1.29 is 0 Å². The zero-order valence-electron chi connectivity index (χ0n) is 9.97. The second-order valence-corrected chi connectivity index (χ2v) is 5.70. The Kier molecular flexibility index (Phi) is 5.24. The molecule has 0 radical (unpaired) electrons. The molecule has 2 aromatic rings. The average molecular weight is 325 g/mol. The Morgan fingerprint density at radius 3 is 2.11 bits per heavy atom. The summed E-state index contributed by atoms with van der Waals surface area (Å²) in [5.74, 6) is 0. The lowest BCUT2D eigenvalue weighted by Crippen LogP contribution is -2.16. The fourth-order valence-corrected chi connectivity index (χ4v) is 2.85. The molecule has 2 rings (SSSR count). The Balaban J connectivity index is 1.90. The maximum Gasteiger partial charge on any atom is 0.0721 e. The summed E-state index contributed by atoms with van der Waals surface area (Å²) in [5, 5.41) is -0.00529. The second-order valence-electron chi connectivity index (χ2n) is 4.17. The summed E-state index contributed by atoms with van der Waals surface area (Å²) in [4.78, 5) is 0. The quantitative estimate of drug-likeness (QED) is 0.565. The normalized spacial score (nSPS) is 12.6. The minimum absolute atomic E-state index is 0.00529. The van der Waals surface area contributed by atoms with Gasteiger partial charge in [-0.2, -0.15) is 0 Å². The number of nitrogens with zero attached hydrogens (tertiary/aromatic N) is 1. The van der Waals surface area contributed by atoms with Crippen LogP contribution in [0.1, 0.15) is 16.5 Å². The van der Waals surface area contributed by atoms with Gasteiger partial charge in [0.1, 0.15) is 0 Å². The van der Waals surface area contributed by atoms with E-state index in [1.54, 1.807) is 0 Å². The van der Waals surface area contributed by atoms with E-state index < -0.39 is 0 Å². The number of benzene rings is 2. The summed E-state index contributed by atoms with van der Waals surface area (Å²) < 4.78 is 2.06. The van der Waals surface area contributed by atoms with Crippen LogP contribution in [0.3, 0.4) is 0 Å². The summed E-state index contributed by atoms with van der Waals surface area (Å²) in [7, 11) is 0. The molecular formula is C15H15BrClN. The van der Waals surface area contributed by atoms with Gasteiger partial charge in [-0.1, -0.05) is 60.7 Å². The molecule has 0 aliphatic carbocycles. The highest BCUT2D eigenvalue weighted by Crippen LogP contribution is 2.23. The largest absolute Gasteiger partial charge is 0.236 e. The first-order valence-electron chi connectivity index (χ1n) is 5.89. The van der Waals surface area contributed by atoms with E-state index in [9.17, 15) is 0 Å². The number of halogens is 2. The van der Waals surface area contributed by atoms with Gasteiger partial charge < -0.3 is 0 Å². The fourth-order valence-electron chi connectivity index (χ4n) is 1.79. The van der Waals surface area contributed by atoms with Gasteiger partial charge in [0.2, 0.25) is 0 Å². The number of alkyl halides is 1. The Hall–Kier alpha value is -0.830. The standard InChI is InChI=1S/C15H15BrClN/c16-18(11-13-7-3-1-4-8-13)12-15(17)14-9-5-2-6-10-14/h1-10,15H,11-12H2. The molecular weight excluding hydrogens is 310 g/mol. The minimum atomic E-state index is -0.00529. The van der Waals surface area contributed by atoms with Crippen molar-refractivity contribution in [2.75, 3.05) is 6.54 Å². The van der Waals surface area contributed by atoms with E-state index in [4.69, 9.17) is 11.6 Å². The molecule has 18 heavy (non-hydrogen) atoms. The SMILES string of the molecule is ClC(CN(Br)Cc1ccccc1)c1ccccc1. The monoisotopic (exact) mass is 323 g/mol. The maximum absolute atomic E-state index is 6.40. The summed E-state index contributed by atoms with van der Waals surface area (Å²) in [5.41, 5.74) is 2.42. The molecule has 0 saturated heterocycles. The van der Waals surface area contributed by atoms with E-state index in [0.29, 0.717) is 0 Å². The van der Waals surface area contributed by atoms with Crippen LogP contribution in [0.5, 0.6) is 0 Å². The molecule has 0 bridgehead atoms. The highest BCUT2D eigenvalue weighted by atomic mass is 79.9. The predicted molar refractivity (Wildman–Crippen MR) is 80.8 cm³/mol. The van der Waals surface area contributed by atoms with Crippen molar-refractivity contribution in [1.82, 2.24) is 3.93 Å². The zero-order valence-corrected chi connectivity index (χ0v) is 12.3. The van der Waals surface area contributed by atoms with Gasteiger partial charge in [0.15, 0.2) is 0 Å². The van der Waals surface area contributed by atoms with Crippen LogP contribution in [0, 0.1) is 0 Å². The molecule has 0 fully saturated rings. The molecule has 0 aliphatic heterocycles. The van der Waals surface area contributed by atoms with Crippen molar-refractivity contribution in [3.63, 3.8) is 0 Å². The highest BCUT2D eigenvalue weighted by molar-refractivity contribution is 9.07. The van der Waals surface area contributed by atoms with E-state index in [0.717, 1.165) is 18.7 Å². The van der Waals surface area contributed by atoms with Crippen LogP contribution in [0.15, 0.2) is 60.7 Å². The van der Waals surface area contributed by atoms with Crippen LogP contribution in [-0.2, 0) is 6.54 Å². The van der Waals surface area contributed by atoms with Gasteiger partial charge in [-0.25, -0.2) is 3.93 Å². The lowest BCUT2D eigenvalue weighted by molar-refractivity contribution is 0.481. The third-order valence-corrected chi connectivity index (χ3v) is 3.65. The molecule has 1 unspecified atom stereocenters. The van der Waals surface area contributed by atoms with Crippen LogP contribution >= 0.6 is 27.7 Å². The Bertz CT molecular complexity index is 460. The smallest absolute Gasteiger partial charge is 0.0721 e. The highest BCUT2D eigenvalue weighted by Gasteiger charge is 2.11. The molecule has 0 amide bonds. The summed E-state index contributed by atoms with van der Waals surface area (Å²) in [6, 6.07) is 20.5. The third kappa shape index (κ3) is 4.13. The van der Waals surface area contributed by atoms with Crippen LogP contribution in [0.4, 0.5) is 0 Å². The van der Waals surface area contributed by atoms with Crippen molar-refractivity contribution in [3.05, 3.63) is 71.8 Å².